The Morgan fingerprint density at radius 3 is 3.06 bits per heavy atom. The number of hydrogen-bond acceptors (Lipinski definition) is 6. The zero-order chi connectivity index (χ0) is 12.8. The Bertz CT molecular complexity index is 546. The van der Waals surface area contributed by atoms with Crippen molar-refractivity contribution < 1.29 is 0 Å². The van der Waals surface area contributed by atoms with Crippen molar-refractivity contribution in [3.8, 4) is 6.07 Å². The van der Waals surface area contributed by atoms with Gasteiger partial charge in [0.1, 0.15) is 12.4 Å². The van der Waals surface area contributed by atoms with Crippen LogP contribution in [0.25, 0.3) is 0 Å². The van der Waals surface area contributed by atoms with Gasteiger partial charge in [-0.15, -0.1) is 0 Å². The van der Waals surface area contributed by atoms with Gasteiger partial charge in [-0.1, -0.05) is 24.8 Å². The highest BCUT2D eigenvalue weighted by atomic mass is 32.2. The first-order chi connectivity index (χ1) is 8.83. The van der Waals surface area contributed by atoms with Crippen LogP contribution in [0, 0.1) is 11.3 Å². The SMILES string of the molecule is CCNCc1ccc(Sc2ncns2)c(C#N)c1. The smallest absolute Gasteiger partial charge is 0.174 e. The molecule has 92 valence electrons. The predicted octanol–water partition coefficient (Wildman–Crippen LogP) is 2.67. The van der Waals surface area contributed by atoms with E-state index in [2.05, 4.69) is 27.7 Å². The minimum atomic E-state index is 0.686. The molecule has 0 bridgehead atoms. The number of rotatable bonds is 5. The number of nitriles is 1. The Labute approximate surface area is 114 Å². The first-order valence-electron chi connectivity index (χ1n) is 5.51. The molecule has 18 heavy (non-hydrogen) atoms. The lowest BCUT2D eigenvalue weighted by atomic mass is 10.1. The summed E-state index contributed by atoms with van der Waals surface area (Å²) in [6.45, 7) is 3.77. The van der Waals surface area contributed by atoms with Crippen molar-refractivity contribution in [1.82, 2.24) is 14.7 Å². The second kappa shape index (κ2) is 6.50. The minimum Gasteiger partial charge on any atom is -0.313 e. The number of benzene rings is 1. The van der Waals surface area contributed by atoms with Gasteiger partial charge in [0.15, 0.2) is 4.34 Å². The molecule has 6 heteroatoms. The lowest BCUT2D eigenvalue weighted by molar-refractivity contribution is 0.726. The van der Waals surface area contributed by atoms with E-state index in [-0.39, 0.29) is 0 Å². The monoisotopic (exact) mass is 276 g/mol. The molecule has 0 spiro atoms. The molecule has 1 aromatic heterocycles. The molecule has 2 rings (SSSR count). The van der Waals surface area contributed by atoms with Crippen LogP contribution in [-0.2, 0) is 6.54 Å². The Balaban J connectivity index is 2.18. The lowest BCUT2D eigenvalue weighted by Crippen LogP contribution is -2.11. The van der Waals surface area contributed by atoms with E-state index in [1.54, 1.807) is 0 Å². The number of nitrogens with zero attached hydrogens (tertiary/aromatic N) is 3. The molecule has 0 saturated carbocycles. The van der Waals surface area contributed by atoms with Crippen LogP contribution in [0.2, 0.25) is 0 Å². The Hall–Kier alpha value is -1.42. The molecule has 0 amide bonds. The van der Waals surface area contributed by atoms with Gasteiger partial charge in [0.05, 0.1) is 5.56 Å². The third-order valence-electron chi connectivity index (χ3n) is 2.28. The van der Waals surface area contributed by atoms with E-state index in [1.165, 1.54) is 29.6 Å². The summed E-state index contributed by atoms with van der Waals surface area (Å²) in [5.41, 5.74) is 1.81. The van der Waals surface area contributed by atoms with Crippen molar-refractivity contribution in [2.24, 2.45) is 0 Å². The maximum atomic E-state index is 9.18. The van der Waals surface area contributed by atoms with Crippen LogP contribution in [0.15, 0.2) is 33.8 Å². The average Bonchev–Trinajstić information content (AvgIpc) is 2.90. The van der Waals surface area contributed by atoms with Gasteiger partial charge in [0, 0.05) is 11.4 Å². The summed E-state index contributed by atoms with van der Waals surface area (Å²) in [4.78, 5) is 5.03. The normalized spacial score (nSPS) is 10.2. The van der Waals surface area contributed by atoms with E-state index in [1.807, 2.05) is 18.2 Å². The zero-order valence-corrected chi connectivity index (χ0v) is 11.5. The maximum absolute atomic E-state index is 9.18. The molecule has 4 nitrogen and oxygen atoms in total. The number of aromatic nitrogens is 2. The van der Waals surface area contributed by atoms with Gasteiger partial charge in [-0.05, 0) is 35.8 Å². The molecule has 0 aliphatic carbocycles. The largest absolute Gasteiger partial charge is 0.313 e. The van der Waals surface area contributed by atoms with Crippen molar-refractivity contribution in [3.63, 3.8) is 0 Å². The molecule has 0 saturated heterocycles. The number of hydrogen-bond donors (Lipinski definition) is 1. The van der Waals surface area contributed by atoms with E-state index < -0.39 is 0 Å². The van der Waals surface area contributed by atoms with Crippen molar-refractivity contribution in [1.29, 1.82) is 5.26 Å². The standard InChI is InChI=1S/C12H12N4S2/c1-2-14-7-9-3-4-11(10(5-9)6-13)17-12-15-8-16-18-12/h3-5,8,14H,2,7H2,1H3. The van der Waals surface area contributed by atoms with Gasteiger partial charge in [-0.3, -0.25) is 0 Å². The van der Waals surface area contributed by atoms with Gasteiger partial charge >= 0.3 is 0 Å². The molecular formula is C12H12N4S2. The van der Waals surface area contributed by atoms with Crippen molar-refractivity contribution in [2.75, 3.05) is 6.54 Å². The van der Waals surface area contributed by atoms with Crippen molar-refractivity contribution in [3.05, 3.63) is 35.7 Å². The first-order valence-corrected chi connectivity index (χ1v) is 7.10. The van der Waals surface area contributed by atoms with Gasteiger partial charge in [-0.2, -0.15) is 9.64 Å². The summed E-state index contributed by atoms with van der Waals surface area (Å²) in [7, 11) is 0. The van der Waals surface area contributed by atoms with Crippen LogP contribution in [0.3, 0.4) is 0 Å². The highest BCUT2D eigenvalue weighted by Crippen LogP contribution is 2.31. The third-order valence-corrected chi connectivity index (χ3v) is 4.07. The van der Waals surface area contributed by atoms with E-state index in [4.69, 9.17) is 0 Å². The zero-order valence-electron chi connectivity index (χ0n) is 9.88. The van der Waals surface area contributed by atoms with Crippen molar-refractivity contribution in [2.45, 2.75) is 22.7 Å². The minimum absolute atomic E-state index is 0.686. The highest BCUT2D eigenvalue weighted by Gasteiger charge is 2.07. The van der Waals surface area contributed by atoms with Crippen LogP contribution in [0.1, 0.15) is 18.1 Å². The van der Waals surface area contributed by atoms with E-state index in [0.29, 0.717) is 5.56 Å². The van der Waals surface area contributed by atoms with Gasteiger partial charge in [-0.25, -0.2) is 4.98 Å². The molecule has 1 N–H and O–H groups in total. The maximum Gasteiger partial charge on any atom is 0.174 e. The summed E-state index contributed by atoms with van der Waals surface area (Å²) in [5.74, 6) is 0. The topological polar surface area (TPSA) is 61.6 Å². The van der Waals surface area contributed by atoms with Crippen LogP contribution in [0.4, 0.5) is 0 Å². The van der Waals surface area contributed by atoms with Crippen LogP contribution in [-0.4, -0.2) is 15.9 Å². The lowest BCUT2D eigenvalue weighted by Gasteiger charge is -2.05. The molecule has 2 aromatic rings. The van der Waals surface area contributed by atoms with E-state index >= 15 is 0 Å². The average molecular weight is 276 g/mol. The molecule has 0 atom stereocenters. The fraction of sp³-hybridized carbons (Fsp3) is 0.250. The van der Waals surface area contributed by atoms with Crippen LogP contribution < -0.4 is 5.32 Å². The summed E-state index contributed by atoms with van der Waals surface area (Å²) in [6.07, 6.45) is 1.53. The molecular weight excluding hydrogens is 264 g/mol. The summed E-state index contributed by atoms with van der Waals surface area (Å²) < 4.78 is 4.80. The van der Waals surface area contributed by atoms with E-state index in [0.717, 1.165) is 27.9 Å². The van der Waals surface area contributed by atoms with E-state index in [9.17, 15) is 5.26 Å². The molecule has 0 aliphatic rings. The highest BCUT2D eigenvalue weighted by molar-refractivity contribution is 8.01. The summed E-state index contributed by atoms with van der Waals surface area (Å²) >= 11 is 2.82. The fourth-order valence-corrected chi connectivity index (χ4v) is 2.90. The summed E-state index contributed by atoms with van der Waals surface area (Å²) in [6, 6.07) is 8.16. The third kappa shape index (κ3) is 3.29. The molecule has 0 unspecified atom stereocenters. The Morgan fingerprint density at radius 2 is 2.39 bits per heavy atom. The molecule has 0 radical (unpaired) electrons. The molecule has 1 heterocycles. The number of nitrogens with one attached hydrogen (secondary N) is 1. The second-order valence-electron chi connectivity index (χ2n) is 3.53. The van der Waals surface area contributed by atoms with Crippen LogP contribution in [0.5, 0.6) is 0 Å². The van der Waals surface area contributed by atoms with Gasteiger partial charge < -0.3 is 5.32 Å². The fourth-order valence-electron chi connectivity index (χ4n) is 1.43. The molecule has 1 aromatic carbocycles. The summed E-state index contributed by atoms with van der Waals surface area (Å²) in [5, 5.41) is 12.4. The van der Waals surface area contributed by atoms with Crippen LogP contribution >= 0.6 is 23.3 Å². The predicted molar refractivity (Wildman–Crippen MR) is 72.6 cm³/mol. The quantitative estimate of drug-likeness (QED) is 0.909. The second-order valence-corrected chi connectivity index (χ2v) is 5.60. The molecule has 0 fully saturated rings. The Morgan fingerprint density at radius 1 is 1.50 bits per heavy atom. The molecule has 0 aliphatic heterocycles. The first kappa shape index (κ1) is 13.0. The van der Waals surface area contributed by atoms with Crippen molar-refractivity contribution >= 4 is 23.3 Å². The van der Waals surface area contributed by atoms with Gasteiger partial charge in [0.2, 0.25) is 0 Å². The Kier molecular flexibility index (Phi) is 4.70. The van der Waals surface area contributed by atoms with Gasteiger partial charge in [0.25, 0.3) is 0 Å².